The molecule has 0 radical (unpaired) electrons. The quantitative estimate of drug-likeness (QED) is 0.366. The Hall–Kier alpha value is -4.07. The number of carbonyl (C=O) groups is 2. The monoisotopic (exact) mass is 517 g/mol. The van der Waals surface area contributed by atoms with E-state index in [9.17, 15) is 9.59 Å². The highest BCUT2D eigenvalue weighted by molar-refractivity contribution is 5.95. The van der Waals surface area contributed by atoms with Crippen LogP contribution in [0.25, 0.3) is 0 Å². The predicted molar refractivity (Wildman–Crippen MR) is 138 cm³/mol. The smallest absolute Gasteiger partial charge is 0.306 e. The van der Waals surface area contributed by atoms with Crippen LogP contribution in [0.5, 0.6) is 23.0 Å². The van der Waals surface area contributed by atoms with E-state index in [0.717, 1.165) is 23.2 Å². The van der Waals surface area contributed by atoms with E-state index in [1.54, 1.807) is 17.0 Å². The van der Waals surface area contributed by atoms with Crippen LogP contribution in [0.4, 0.5) is 10.1 Å². The normalized spacial score (nSPS) is 19.6. The van der Waals surface area contributed by atoms with Crippen molar-refractivity contribution in [2.24, 2.45) is 0 Å². The van der Waals surface area contributed by atoms with Crippen molar-refractivity contribution < 1.29 is 32.9 Å². The van der Waals surface area contributed by atoms with Crippen LogP contribution in [-0.2, 0) is 20.7 Å². The molecule has 1 amide bonds. The van der Waals surface area contributed by atoms with Crippen LogP contribution in [0.3, 0.4) is 0 Å². The van der Waals surface area contributed by atoms with Crippen LogP contribution < -0.4 is 19.1 Å². The lowest BCUT2D eigenvalue weighted by molar-refractivity contribution is -0.141. The maximum Gasteiger partial charge on any atom is 0.306 e. The van der Waals surface area contributed by atoms with Gasteiger partial charge >= 0.3 is 5.97 Å². The lowest BCUT2D eigenvalue weighted by atomic mass is 9.98. The Labute approximate surface area is 220 Å². The highest BCUT2D eigenvalue weighted by Gasteiger charge is 2.32. The number of halogens is 1. The van der Waals surface area contributed by atoms with Crippen LogP contribution in [0.15, 0.2) is 54.6 Å². The fraction of sp³-hybridized carbons (Fsp3) is 0.333. The molecule has 1 saturated heterocycles. The summed E-state index contributed by atoms with van der Waals surface area (Å²) in [6.07, 6.45) is 2.42. The minimum Gasteiger partial charge on any atom is -0.492 e. The van der Waals surface area contributed by atoms with Gasteiger partial charge in [0.1, 0.15) is 34.9 Å². The van der Waals surface area contributed by atoms with E-state index >= 15 is 4.39 Å². The first kappa shape index (κ1) is 24.3. The van der Waals surface area contributed by atoms with Gasteiger partial charge in [0.25, 0.3) is 0 Å². The molecule has 6 rings (SSSR count). The van der Waals surface area contributed by atoms with Crippen molar-refractivity contribution in [3.63, 3.8) is 0 Å². The van der Waals surface area contributed by atoms with E-state index in [1.807, 2.05) is 36.4 Å². The number of hydrogen-bond donors (Lipinski definition) is 0. The molecule has 38 heavy (non-hydrogen) atoms. The van der Waals surface area contributed by atoms with Gasteiger partial charge in [-0.15, -0.1) is 0 Å². The molecule has 0 spiro atoms. The van der Waals surface area contributed by atoms with E-state index in [2.05, 4.69) is 0 Å². The highest BCUT2D eigenvalue weighted by Crippen LogP contribution is 2.44. The summed E-state index contributed by atoms with van der Waals surface area (Å²) in [5.41, 5.74) is 3.03. The average molecular weight is 518 g/mol. The topological polar surface area (TPSA) is 74.3 Å². The van der Waals surface area contributed by atoms with Crippen molar-refractivity contribution in [2.45, 2.75) is 44.1 Å². The Morgan fingerprint density at radius 1 is 1.11 bits per heavy atom. The zero-order valence-corrected chi connectivity index (χ0v) is 21.1. The molecule has 0 unspecified atom stereocenters. The van der Waals surface area contributed by atoms with Gasteiger partial charge in [0.05, 0.1) is 20.1 Å². The number of amides is 1. The molecule has 0 bridgehead atoms. The number of hydrogen-bond acceptors (Lipinski definition) is 6. The van der Waals surface area contributed by atoms with Gasteiger partial charge in [-0.25, -0.2) is 4.39 Å². The predicted octanol–water partition coefficient (Wildman–Crippen LogP) is 5.85. The van der Waals surface area contributed by atoms with Crippen molar-refractivity contribution in [1.82, 2.24) is 0 Å². The fourth-order valence-corrected chi connectivity index (χ4v) is 5.57. The van der Waals surface area contributed by atoms with Gasteiger partial charge < -0.3 is 23.8 Å². The minimum atomic E-state index is -0.465. The van der Waals surface area contributed by atoms with Crippen LogP contribution in [0.1, 0.15) is 54.4 Å². The van der Waals surface area contributed by atoms with E-state index in [4.69, 9.17) is 18.9 Å². The lowest BCUT2D eigenvalue weighted by Crippen LogP contribution is -2.23. The lowest BCUT2D eigenvalue weighted by Gasteiger charge is -2.18. The van der Waals surface area contributed by atoms with Gasteiger partial charge in [0.15, 0.2) is 0 Å². The van der Waals surface area contributed by atoms with Crippen molar-refractivity contribution in [3.8, 4) is 23.0 Å². The van der Waals surface area contributed by atoms with Crippen molar-refractivity contribution in [3.05, 3.63) is 77.1 Å². The van der Waals surface area contributed by atoms with Gasteiger partial charge in [0.2, 0.25) is 5.91 Å². The zero-order valence-electron chi connectivity index (χ0n) is 21.1. The number of ether oxygens (including phenoxy) is 4. The van der Waals surface area contributed by atoms with Crippen molar-refractivity contribution in [2.75, 3.05) is 25.2 Å². The number of carbonyl (C=O) groups excluding carboxylic acids is 2. The minimum absolute atomic E-state index is 0.0575. The summed E-state index contributed by atoms with van der Waals surface area (Å²) in [6.45, 7) is 1.11. The first-order valence-corrected chi connectivity index (χ1v) is 12.9. The maximum absolute atomic E-state index is 15.1. The number of methoxy groups -OCH3 is 1. The molecule has 8 heteroatoms. The molecule has 2 heterocycles. The molecule has 3 aromatic carbocycles. The molecule has 7 nitrogen and oxygen atoms in total. The van der Waals surface area contributed by atoms with Gasteiger partial charge in [-0.3, -0.25) is 9.59 Å². The van der Waals surface area contributed by atoms with Crippen LogP contribution in [-0.4, -0.2) is 32.1 Å². The Morgan fingerprint density at radius 3 is 2.82 bits per heavy atom. The third-order valence-electron chi connectivity index (χ3n) is 7.45. The fourth-order valence-electron chi connectivity index (χ4n) is 5.57. The third kappa shape index (κ3) is 4.55. The molecule has 2 aliphatic heterocycles. The molecule has 3 aliphatic rings. The molecule has 0 aromatic heterocycles. The third-order valence-corrected chi connectivity index (χ3v) is 7.45. The Bertz CT molecular complexity index is 1410. The summed E-state index contributed by atoms with van der Waals surface area (Å²) in [7, 11) is 1.37. The largest absolute Gasteiger partial charge is 0.492 e. The molecule has 0 saturated carbocycles. The van der Waals surface area contributed by atoms with Gasteiger partial charge in [-0.05, 0) is 49.6 Å². The van der Waals surface area contributed by atoms with Crippen LogP contribution in [0.2, 0.25) is 0 Å². The Kier molecular flexibility index (Phi) is 6.39. The molecular formula is C30H28FNO6. The van der Waals surface area contributed by atoms with Gasteiger partial charge in [-0.2, -0.15) is 0 Å². The average Bonchev–Trinajstić information content (AvgIpc) is 3.65. The molecule has 2 atom stereocenters. The summed E-state index contributed by atoms with van der Waals surface area (Å²) in [4.78, 5) is 25.6. The van der Waals surface area contributed by atoms with E-state index in [1.165, 1.54) is 13.2 Å². The highest BCUT2D eigenvalue weighted by atomic mass is 19.1. The Morgan fingerprint density at radius 2 is 2.00 bits per heavy atom. The van der Waals surface area contributed by atoms with Crippen molar-refractivity contribution in [1.29, 1.82) is 0 Å². The number of benzene rings is 3. The molecular weight excluding hydrogens is 489 g/mol. The molecule has 1 fully saturated rings. The summed E-state index contributed by atoms with van der Waals surface area (Å²) in [5.74, 6) is 1.87. The summed E-state index contributed by atoms with van der Waals surface area (Å²) >= 11 is 0. The standard InChI is InChI=1S/C30H28FNO6/c1-35-29(34)14-18-17-36-27-16-21(7-8-22(18)27)38-26-11-9-23-25(12-10-24(31)30(23)26)37-20-5-2-4-19(15-20)32-13-3-6-28(32)33/h2,4-5,7-8,10,12,15-16,18,26H,3,6,9,11,13-14,17H2,1H3/t18-,26-/m1/s1. The SMILES string of the molecule is COC(=O)C[C@@H]1COc2cc(O[C@@H]3CCc4c(Oc5cccc(N6CCCC6=O)c5)ccc(F)c43)ccc21. The second-order valence-corrected chi connectivity index (χ2v) is 9.82. The number of fused-ring (bicyclic) bond motifs is 2. The van der Waals surface area contributed by atoms with Gasteiger partial charge in [-0.1, -0.05) is 12.1 Å². The number of anilines is 1. The van der Waals surface area contributed by atoms with Crippen molar-refractivity contribution >= 4 is 17.6 Å². The van der Waals surface area contributed by atoms with Crippen LogP contribution >= 0.6 is 0 Å². The molecule has 196 valence electrons. The molecule has 0 N–H and O–H groups in total. The number of rotatable bonds is 7. The van der Waals surface area contributed by atoms with E-state index < -0.39 is 6.10 Å². The first-order valence-electron chi connectivity index (χ1n) is 12.9. The second kappa shape index (κ2) is 10.0. The van der Waals surface area contributed by atoms with E-state index in [0.29, 0.717) is 61.0 Å². The van der Waals surface area contributed by atoms with Crippen LogP contribution in [0, 0.1) is 5.82 Å². The Balaban J connectivity index is 1.20. The second-order valence-electron chi connectivity index (χ2n) is 9.82. The first-order chi connectivity index (χ1) is 18.5. The summed E-state index contributed by atoms with van der Waals surface area (Å²) in [5, 5.41) is 0. The maximum atomic E-state index is 15.1. The molecule has 1 aliphatic carbocycles. The van der Waals surface area contributed by atoms with Gasteiger partial charge in [0, 0.05) is 53.4 Å². The zero-order chi connectivity index (χ0) is 26.2. The summed E-state index contributed by atoms with van der Waals surface area (Å²) in [6, 6.07) is 16.0. The number of nitrogens with zero attached hydrogens (tertiary/aromatic N) is 1. The van der Waals surface area contributed by atoms with E-state index in [-0.39, 0.29) is 30.0 Å². The summed E-state index contributed by atoms with van der Waals surface area (Å²) < 4.78 is 38.1. The molecule has 3 aromatic rings. The number of esters is 1.